The molecule has 0 N–H and O–H groups in total. The van der Waals surface area contributed by atoms with Gasteiger partial charge in [-0.3, -0.25) is 9.80 Å². The van der Waals surface area contributed by atoms with E-state index in [1.54, 1.807) is 0 Å². The summed E-state index contributed by atoms with van der Waals surface area (Å²) in [7, 11) is 0. The van der Waals surface area contributed by atoms with Crippen molar-refractivity contribution in [3.63, 3.8) is 0 Å². The summed E-state index contributed by atoms with van der Waals surface area (Å²) >= 11 is 0. The molecule has 1 saturated heterocycles. The standard InChI is InChI=1S/C13H19N3/c1-5-6-13(2,3)16-11-9-15(10-12-16)8-7-14-4/h1H,7-12H2,2-3H3. The molecule has 1 fully saturated rings. The molecule has 2 radical (unpaired) electrons. The van der Waals surface area contributed by atoms with Crippen LogP contribution in [0.1, 0.15) is 13.8 Å². The van der Waals surface area contributed by atoms with Crippen molar-refractivity contribution in [1.29, 1.82) is 0 Å². The van der Waals surface area contributed by atoms with Gasteiger partial charge in [0.25, 0.3) is 0 Å². The molecule has 0 spiro atoms. The summed E-state index contributed by atoms with van der Waals surface area (Å²) in [5, 5.41) is 0. The molecule has 1 rings (SSSR count). The average molecular weight is 217 g/mol. The van der Waals surface area contributed by atoms with Crippen LogP contribution in [-0.2, 0) is 0 Å². The molecule has 0 bridgehead atoms. The fourth-order valence-electron chi connectivity index (χ4n) is 1.98. The first kappa shape index (κ1) is 13.0. The fourth-order valence-corrected chi connectivity index (χ4v) is 1.98. The Morgan fingerprint density at radius 2 is 1.94 bits per heavy atom. The van der Waals surface area contributed by atoms with Crippen LogP contribution in [0.4, 0.5) is 0 Å². The lowest BCUT2D eigenvalue weighted by molar-refractivity contribution is 0.0837. The molecule has 0 saturated carbocycles. The van der Waals surface area contributed by atoms with Gasteiger partial charge in [0, 0.05) is 26.2 Å². The third kappa shape index (κ3) is 3.52. The lowest BCUT2D eigenvalue weighted by atomic mass is 10.0. The Morgan fingerprint density at radius 1 is 1.31 bits per heavy atom. The summed E-state index contributed by atoms with van der Waals surface area (Å²) in [6.07, 6.45) is 0. The fraction of sp³-hybridized carbons (Fsp3) is 0.692. The number of nitrogens with zero attached hydrogens (tertiary/aromatic N) is 3. The van der Waals surface area contributed by atoms with Crippen molar-refractivity contribution in [2.24, 2.45) is 0 Å². The van der Waals surface area contributed by atoms with Crippen molar-refractivity contribution in [2.45, 2.75) is 19.4 Å². The normalized spacial score (nSPS) is 18.6. The molecule has 0 unspecified atom stereocenters. The van der Waals surface area contributed by atoms with Crippen molar-refractivity contribution in [2.75, 3.05) is 39.3 Å². The molecule has 0 atom stereocenters. The first-order chi connectivity index (χ1) is 7.60. The summed E-state index contributed by atoms with van der Waals surface area (Å²) < 4.78 is 0. The van der Waals surface area contributed by atoms with E-state index in [1.165, 1.54) is 0 Å². The Morgan fingerprint density at radius 3 is 2.44 bits per heavy atom. The monoisotopic (exact) mass is 217 g/mol. The van der Waals surface area contributed by atoms with E-state index in [9.17, 15) is 0 Å². The van der Waals surface area contributed by atoms with Crippen LogP contribution in [0.5, 0.6) is 0 Å². The van der Waals surface area contributed by atoms with E-state index in [0.29, 0.717) is 6.54 Å². The number of hydrogen-bond donors (Lipinski definition) is 0. The van der Waals surface area contributed by atoms with Crippen LogP contribution >= 0.6 is 0 Å². The van der Waals surface area contributed by atoms with Gasteiger partial charge in [-0.1, -0.05) is 11.8 Å². The van der Waals surface area contributed by atoms with Gasteiger partial charge in [-0.15, -0.1) is 0 Å². The highest BCUT2D eigenvalue weighted by Gasteiger charge is 2.28. The zero-order valence-corrected chi connectivity index (χ0v) is 10.2. The molecule has 0 aromatic heterocycles. The minimum Gasteiger partial charge on any atom is -0.316 e. The van der Waals surface area contributed by atoms with Crippen LogP contribution in [0.25, 0.3) is 4.85 Å². The van der Waals surface area contributed by atoms with Gasteiger partial charge < -0.3 is 4.85 Å². The molecule has 0 aromatic rings. The highest BCUT2D eigenvalue weighted by Crippen LogP contribution is 2.15. The van der Waals surface area contributed by atoms with Crippen LogP contribution < -0.4 is 0 Å². The maximum absolute atomic E-state index is 6.77. The van der Waals surface area contributed by atoms with E-state index >= 15 is 0 Å². The lowest BCUT2D eigenvalue weighted by Gasteiger charge is -2.41. The largest absolute Gasteiger partial charge is 0.316 e. The Balaban J connectivity index is 2.42. The van der Waals surface area contributed by atoms with Gasteiger partial charge in [-0.25, -0.2) is 6.57 Å². The molecular formula is C13H19N3. The molecule has 3 heteroatoms. The maximum Gasteiger partial charge on any atom is 0.227 e. The summed E-state index contributed by atoms with van der Waals surface area (Å²) in [5.41, 5.74) is -0.138. The summed E-state index contributed by atoms with van der Waals surface area (Å²) in [5.74, 6) is 5.54. The Hall–Kier alpha value is -1.03. The predicted octanol–water partition coefficient (Wildman–Crippen LogP) is 1.02. The quantitative estimate of drug-likeness (QED) is 0.516. The third-order valence-electron chi connectivity index (χ3n) is 3.07. The van der Waals surface area contributed by atoms with Crippen molar-refractivity contribution in [3.8, 4) is 11.8 Å². The Labute approximate surface area is 99.2 Å². The van der Waals surface area contributed by atoms with Crippen molar-refractivity contribution in [3.05, 3.63) is 18.3 Å². The van der Waals surface area contributed by atoms with Gasteiger partial charge in [0.15, 0.2) is 0 Å². The zero-order chi connectivity index (χ0) is 12.0. The van der Waals surface area contributed by atoms with Gasteiger partial charge in [0.2, 0.25) is 6.54 Å². The topological polar surface area (TPSA) is 10.8 Å². The maximum atomic E-state index is 6.77. The van der Waals surface area contributed by atoms with Gasteiger partial charge in [0.1, 0.15) is 0 Å². The summed E-state index contributed by atoms with van der Waals surface area (Å²) in [6.45, 7) is 21.8. The molecule has 0 amide bonds. The zero-order valence-electron chi connectivity index (χ0n) is 10.2. The predicted molar refractivity (Wildman–Crippen MR) is 65.6 cm³/mol. The van der Waals surface area contributed by atoms with Crippen LogP contribution in [-0.4, -0.2) is 54.6 Å². The molecule has 0 aliphatic carbocycles. The molecule has 0 aromatic carbocycles. The second-order valence-corrected chi connectivity index (χ2v) is 4.54. The SMILES string of the molecule is [C-]#[N+]CCN1CCN(C(C)(C)C#C[CH])CC1. The number of piperazine rings is 1. The van der Waals surface area contributed by atoms with Crippen LogP contribution in [0, 0.1) is 25.3 Å². The highest BCUT2D eigenvalue weighted by molar-refractivity contribution is 5.16. The van der Waals surface area contributed by atoms with E-state index in [0.717, 1.165) is 32.7 Å². The minimum absolute atomic E-state index is 0.138. The van der Waals surface area contributed by atoms with Gasteiger partial charge in [-0.2, -0.15) is 0 Å². The van der Waals surface area contributed by atoms with E-state index < -0.39 is 0 Å². The number of rotatable bonds is 3. The Kier molecular flexibility index (Phi) is 4.80. The third-order valence-corrected chi connectivity index (χ3v) is 3.07. The van der Waals surface area contributed by atoms with Crippen molar-refractivity contribution < 1.29 is 0 Å². The van der Waals surface area contributed by atoms with Crippen LogP contribution in [0.2, 0.25) is 0 Å². The van der Waals surface area contributed by atoms with Gasteiger partial charge in [-0.05, 0) is 13.8 Å². The van der Waals surface area contributed by atoms with E-state index in [1.807, 2.05) is 0 Å². The second-order valence-electron chi connectivity index (χ2n) is 4.54. The first-order valence-corrected chi connectivity index (χ1v) is 5.63. The lowest BCUT2D eigenvalue weighted by Crippen LogP contribution is -2.54. The van der Waals surface area contributed by atoms with E-state index in [-0.39, 0.29) is 5.54 Å². The smallest absolute Gasteiger partial charge is 0.227 e. The van der Waals surface area contributed by atoms with Gasteiger partial charge >= 0.3 is 0 Å². The van der Waals surface area contributed by atoms with E-state index in [2.05, 4.69) is 40.3 Å². The average Bonchev–Trinajstić information content (AvgIpc) is 2.27. The molecule has 1 heterocycles. The first-order valence-electron chi connectivity index (χ1n) is 5.63. The van der Waals surface area contributed by atoms with Gasteiger partial charge in [0.05, 0.1) is 19.0 Å². The molecule has 16 heavy (non-hydrogen) atoms. The molecule has 1 aliphatic rings. The molecule has 3 nitrogen and oxygen atoms in total. The van der Waals surface area contributed by atoms with Crippen molar-refractivity contribution in [1.82, 2.24) is 9.80 Å². The minimum atomic E-state index is -0.138. The van der Waals surface area contributed by atoms with Crippen LogP contribution in [0.3, 0.4) is 0 Å². The summed E-state index contributed by atoms with van der Waals surface area (Å²) in [6, 6.07) is 0. The van der Waals surface area contributed by atoms with E-state index in [4.69, 9.17) is 13.5 Å². The highest BCUT2D eigenvalue weighted by atomic mass is 15.3. The number of hydrogen-bond acceptors (Lipinski definition) is 2. The molecule has 86 valence electrons. The molecular weight excluding hydrogens is 198 g/mol. The second kappa shape index (κ2) is 5.89. The summed E-state index contributed by atoms with van der Waals surface area (Å²) in [4.78, 5) is 8.07. The molecule has 1 aliphatic heterocycles. The van der Waals surface area contributed by atoms with Crippen molar-refractivity contribution >= 4 is 0 Å². The van der Waals surface area contributed by atoms with Crippen LogP contribution in [0.15, 0.2) is 0 Å². The Bertz CT molecular complexity index is 308.